The van der Waals surface area contributed by atoms with Crippen LogP contribution in [0.1, 0.15) is 0 Å². The van der Waals surface area contributed by atoms with Crippen molar-refractivity contribution in [3.8, 4) is 17.1 Å². The number of primary sulfonamides is 1. The number of H-pyrrole nitrogens is 1. The Morgan fingerprint density at radius 3 is 2.82 bits per heavy atom. The summed E-state index contributed by atoms with van der Waals surface area (Å²) >= 11 is 0. The van der Waals surface area contributed by atoms with Crippen molar-refractivity contribution in [1.29, 1.82) is 0 Å². The number of sulfonamides is 1. The summed E-state index contributed by atoms with van der Waals surface area (Å²) in [6, 6.07) is 1.61. The molecule has 0 saturated carbocycles. The van der Waals surface area contributed by atoms with Crippen LogP contribution < -0.4 is 9.88 Å². The fourth-order valence-corrected chi connectivity index (χ4v) is 1.61. The van der Waals surface area contributed by atoms with Gasteiger partial charge >= 0.3 is 0 Å². The van der Waals surface area contributed by atoms with Crippen LogP contribution in [0.5, 0.6) is 5.75 Å². The van der Waals surface area contributed by atoms with Crippen molar-refractivity contribution in [3.63, 3.8) is 0 Å². The molecule has 0 bridgehead atoms. The van der Waals surface area contributed by atoms with Gasteiger partial charge in [-0.1, -0.05) is 0 Å². The van der Waals surface area contributed by atoms with Crippen molar-refractivity contribution in [2.24, 2.45) is 5.14 Å². The van der Waals surface area contributed by atoms with E-state index in [2.05, 4.69) is 20.2 Å². The first-order valence-electron chi connectivity index (χ1n) is 4.46. The van der Waals surface area contributed by atoms with Crippen molar-refractivity contribution >= 4 is 10.0 Å². The summed E-state index contributed by atoms with van der Waals surface area (Å²) < 4.78 is 27.1. The van der Waals surface area contributed by atoms with Crippen LogP contribution in [0.2, 0.25) is 0 Å². The van der Waals surface area contributed by atoms with Gasteiger partial charge < -0.3 is 4.74 Å². The van der Waals surface area contributed by atoms with Gasteiger partial charge in [-0.3, -0.25) is 4.98 Å². The van der Waals surface area contributed by atoms with E-state index in [1.165, 1.54) is 19.5 Å². The first-order valence-corrected chi connectivity index (χ1v) is 6.00. The van der Waals surface area contributed by atoms with Crippen molar-refractivity contribution in [3.05, 3.63) is 18.5 Å². The van der Waals surface area contributed by atoms with Gasteiger partial charge in [0.2, 0.25) is 0 Å². The van der Waals surface area contributed by atoms with Crippen molar-refractivity contribution in [2.45, 2.75) is 5.16 Å². The first-order chi connectivity index (χ1) is 8.02. The molecule has 0 saturated heterocycles. The van der Waals surface area contributed by atoms with E-state index in [0.717, 1.165) is 0 Å². The second kappa shape index (κ2) is 4.11. The maximum atomic E-state index is 11.0. The Morgan fingerprint density at radius 2 is 2.24 bits per heavy atom. The summed E-state index contributed by atoms with van der Waals surface area (Å²) in [5.74, 6) is 0.612. The molecule has 8 nitrogen and oxygen atoms in total. The van der Waals surface area contributed by atoms with E-state index in [0.29, 0.717) is 11.3 Å². The number of nitrogens with two attached hydrogens (primary N) is 1. The van der Waals surface area contributed by atoms with Gasteiger partial charge in [-0.15, -0.1) is 0 Å². The fraction of sp³-hybridized carbons (Fsp3) is 0.125. The summed E-state index contributed by atoms with van der Waals surface area (Å²) in [5, 5.41) is 10.5. The lowest BCUT2D eigenvalue weighted by atomic mass is 10.2. The number of aromatic amines is 1. The number of nitrogens with zero attached hydrogens (tertiary/aromatic N) is 3. The summed E-state index contributed by atoms with van der Waals surface area (Å²) in [6.45, 7) is 0. The van der Waals surface area contributed by atoms with E-state index in [4.69, 9.17) is 9.88 Å². The highest BCUT2D eigenvalue weighted by molar-refractivity contribution is 7.89. The highest BCUT2D eigenvalue weighted by atomic mass is 32.2. The van der Waals surface area contributed by atoms with Crippen LogP contribution >= 0.6 is 0 Å². The van der Waals surface area contributed by atoms with Gasteiger partial charge in [0.05, 0.1) is 18.9 Å². The SMILES string of the molecule is COc1cnccc1-c1n[nH]c(S(N)(=O)=O)n1. The second-order valence-electron chi connectivity index (χ2n) is 3.09. The number of aromatic nitrogens is 4. The molecule has 2 heterocycles. The molecular formula is C8H9N5O3S. The van der Waals surface area contributed by atoms with Crippen LogP contribution in [-0.2, 0) is 10.0 Å². The predicted molar refractivity (Wildman–Crippen MR) is 57.5 cm³/mol. The van der Waals surface area contributed by atoms with Crippen LogP contribution in [0.15, 0.2) is 23.6 Å². The third kappa shape index (κ3) is 2.24. The van der Waals surface area contributed by atoms with Gasteiger partial charge in [0.15, 0.2) is 5.82 Å². The van der Waals surface area contributed by atoms with E-state index < -0.39 is 15.2 Å². The lowest BCUT2D eigenvalue weighted by molar-refractivity contribution is 0.414. The average molecular weight is 255 g/mol. The smallest absolute Gasteiger partial charge is 0.273 e. The minimum atomic E-state index is -3.90. The monoisotopic (exact) mass is 255 g/mol. The molecule has 0 spiro atoms. The molecule has 17 heavy (non-hydrogen) atoms. The molecule has 0 unspecified atom stereocenters. The van der Waals surface area contributed by atoms with Crippen LogP contribution in [0, 0.1) is 0 Å². The number of pyridine rings is 1. The van der Waals surface area contributed by atoms with Gasteiger partial charge in [-0.05, 0) is 6.07 Å². The molecule has 90 valence electrons. The molecule has 9 heteroatoms. The standard InChI is InChI=1S/C8H9N5O3S/c1-16-6-4-10-3-2-5(6)7-11-8(13-12-7)17(9,14)15/h2-4H,1H3,(H2,9,14,15)(H,11,12,13). The summed E-state index contributed by atoms with van der Waals surface area (Å²) in [6.07, 6.45) is 2.99. The molecule has 0 aliphatic carbocycles. The Hall–Kier alpha value is -2.00. The van der Waals surface area contributed by atoms with Gasteiger partial charge in [0.25, 0.3) is 15.2 Å². The minimum Gasteiger partial charge on any atom is -0.494 e. The second-order valence-corrected chi connectivity index (χ2v) is 4.56. The molecule has 2 rings (SSSR count). The molecule has 2 aromatic heterocycles. The Balaban J connectivity index is 2.51. The van der Waals surface area contributed by atoms with Crippen LogP contribution in [-0.4, -0.2) is 35.7 Å². The number of nitrogens with one attached hydrogen (secondary N) is 1. The molecule has 0 aromatic carbocycles. The van der Waals surface area contributed by atoms with Crippen LogP contribution in [0.4, 0.5) is 0 Å². The lowest BCUT2D eigenvalue weighted by Gasteiger charge is -2.02. The Kier molecular flexibility index (Phi) is 2.77. The minimum absolute atomic E-state index is 0.174. The molecule has 0 atom stereocenters. The van der Waals surface area contributed by atoms with Crippen molar-refractivity contribution in [2.75, 3.05) is 7.11 Å². The number of methoxy groups -OCH3 is 1. The Morgan fingerprint density at radius 1 is 1.47 bits per heavy atom. The fourth-order valence-electron chi connectivity index (χ4n) is 1.22. The molecule has 0 aliphatic rings. The molecular weight excluding hydrogens is 246 g/mol. The molecule has 0 fully saturated rings. The largest absolute Gasteiger partial charge is 0.494 e. The Bertz CT molecular complexity index is 636. The zero-order valence-corrected chi connectivity index (χ0v) is 9.60. The highest BCUT2D eigenvalue weighted by Gasteiger charge is 2.17. The third-order valence-corrected chi connectivity index (χ3v) is 2.70. The summed E-state index contributed by atoms with van der Waals surface area (Å²) in [7, 11) is -2.43. The zero-order chi connectivity index (χ0) is 12.5. The molecule has 0 aliphatic heterocycles. The normalized spacial score (nSPS) is 11.4. The molecule has 3 N–H and O–H groups in total. The number of hydrogen-bond acceptors (Lipinski definition) is 6. The Labute approximate surface area is 96.9 Å². The van der Waals surface area contributed by atoms with Gasteiger partial charge in [-0.2, -0.15) is 10.1 Å². The quantitative estimate of drug-likeness (QED) is 0.763. The maximum Gasteiger partial charge on any atom is 0.273 e. The number of ether oxygens (including phenoxy) is 1. The average Bonchev–Trinajstić information content (AvgIpc) is 2.77. The predicted octanol–water partition coefficient (Wildman–Crippen LogP) is -0.477. The van der Waals surface area contributed by atoms with Crippen molar-refractivity contribution in [1.82, 2.24) is 20.2 Å². The van der Waals surface area contributed by atoms with E-state index in [9.17, 15) is 8.42 Å². The zero-order valence-electron chi connectivity index (χ0n) is 8.78. The van der Waals surface area contributed by atoms with E-state index >= 15 is 0 Å². The van der Waals surface area contributed by atoms with Gasteiger partial charge in [0.1, 0.15) is 5.75 Å². The van der Waals surface area contributed by atoms with E-state index in [-0.39, 0.29) is 5.82 Å². The van der Waals surface area contributed by atoms with E-state index in [1.54, 1.807) is 6.07 Å². The van der Waals surface area contributed by atoms with Crippen LogP contribution in [0.25, 0.3) is 11.4 Å². The lowest BCUT2D eigenvalue weighted by Crippen LogP contribution is -2.13. The summed E-state index contributed by atoms with van der Waals surface area (Å²) in [5.41, 5.74) is 0.522. The van der Waals surface area contributed by atoms with Gasteiger partial charge in [0, 0.05) is 6.20 Å². The number of rotatable bonds is 3. The molecule has 2 aromatic rings. The first kappa shape index (κ1) is 11.5. The van der Waals surface area contributed by atoms with Crippen LogP contribution in [0.3, 0.4) is 0 Å². The van der Waals surface area contributed by atoms with Gasteiger partial charge in [-0.25, -0.2) is 18.7 Å². The maximum absolute atomic E-state index is 11.0. The van der Waals surface area contributed by atoms with E-state index in [1.807, 2.05) is 0 Å². The number of hydrogen-bond donors (Lipinski definition) is 2. The summed E-state index contributed by atoms with van der Waals surface area (Å²) in [4.78, 5) is 7.64. The molecule has 0 amide bonds. The van der Waals surface area contributed by atoms with Crippen molar-refractivity contribution < 1.29 is 13.2 Å². The third-order valence-electron chi connectivity index (χ3n) is 1.98. The topological polar surface area (TPSA) is 124 Å². The highest BCUT2D eigenvalue weighted by Crippen LogP contribution is 2.25. The molecule has 0 radical (unpaired) electrons.